The van der Waals surface area contributed by atoms with E-state index in [2.05, 4.69) is 352 Å². The van der Waals surface area contributed by atoms with E-state index in [1.807, 2.05) is 0 Å². The molecule has 0 N–H and O–H groups in total. The van der Waals surface area contributed by atoms with E-state index in [0.29, 0.717) is 0 Å². The van der Waals surface area contributed by atoms with Crippen molar-refractivity contribution in [3.8, 4) is 50.2 Å². The number of hydrogen-bond donors (Lipinski definition) is 0. The van der Waals surface area contributed by atoms with Gasteiger partial charge in [-0.3, -0.25) is 0 Å². The maximum absolute atomic E-state index is 2.65. The average molecular weight is 1180 g/mol. The molecule has 452 valence electrons. The van der Waals surface area contributed by atoms with Gasteiger partial charge in [-0.25, -0.2) is 0 Å². The van der Waals surface area contributed by atoms with Gasteiger partial charge in [-0.2, -0.15) is 0 Å². The van der Waals surface area contributed by atoms with E-state index in [0.717, 1.165) is 39.3 Å². The minimum Gasteiger partial charge on any atom is -0.309 e. The van der Waals surface area contributed by atoms with Crippen LogP contribution in [0.15, 0.2) is 218 Å². The SMILES string of the molecule is CC(C)(C)c1cc(-c2cc(-c3cc(C(C)(C)C)cc(C(C)(C)C)c3)cc(N(c3c(-c4ccccc4)cccc3-c3ccccc3)c3ccc4ccc5c(-n6c7ccc(C(C)(C)C)cc7c7cc(C(C)(C)C)ccc76)ccc6ccc3c4c65)c2)cc(C(C)(C)C)c1. The summed E-state index contributed by atoms with van der Waals surface area (Å²) in [6, 6.07) is 84.8. The molecule has 0 saturated carbocycles. The van der Waals surface area contributed by atoms with Crippen molar-refractivity contribution in [3.05, 3.63) is 252 Å². The molecule has 13 aromatic rings. The minimum atomic E-state index is -0.0843. The molecule has 0 aliphatic rings. The topological polar surface area (TPSA) is 8.17 Å². The van der Waals surface area contributed by atoms with Crippen LogP contribution in [0.3, 0.4) is 0 Å². The van der Waals surface area contributed by atoms with Gasteiger partial charge in [0.05, 0.1) is 28.1 Å². The van der Waals surface area contributed by atoms with Gasteiger partial charge in [0.2, 0.25) is 0 Å². The zero-order valence-electron chi connectivity index (χ0n) is 56.7. The normalized spacial score (nSPS) is 13.0. The van der Waals surface area contributed by atoms with Gasteiger partial charge in [-0.1, -0.05) is 288 Å². The van der Waals surface area contributed by atoms with Gasteiger partial charge in [0, 0.05) is 38.4 Å². The van der Waals surface area contributed by atoms with Crippen molar-refractivity contribution < 1.29 is 0 Å². The second-order valence-corrected chi connectivity index (χ2v) is 32.0. The van der Waals surface area contributed by atoms with Crippen LogP contribution in [-0.2, 0) is 32.5 Å². The van der Waals surface area contributed by atoms with Crippen molar-refractivity contribution in [2.75, 3.05) is 4.90 Å². The van der Waals surface area contributed by atoms with Crippen LogP contribution >= 0.6 is 0 Å². The van der Waals surface area contributed by atoms with Crippen LogP contribution in [0, 0.1) is 0 Å². The lowest BCUT2D eigenvalue weighted by Gasteiger charge is -2.33. The highest BCUT2D eigenvalue weighted by Gasteiger charge is 2.30. The Labute approximate surface area is 536 Å². The molecule has 0 bridgehead atoms. The number of anilines is 3. The summed E-state index contributed by atoms with van der Waals surface area (Å²) >= 11 is 0. The maximum Gasteiger partial charge on any atom is 0.0618 e. The first-order chi connectivity index (χ1) is 42.4. The van der Waals surface area contributed by atoms with Crippen LogP contribution in [0.4, 0.5) is 17.1 Å². The molecule has 0 unspecified atom stereocenters. The Kier molecular flexibility index (Phi) is 14.4. The monoisotopic (exact) mass is 1170 g/mol. The second kappa shape index (κ2) is 21.5. The summed E-state index contributed by atoms with van der Waals surface area (Å²) in [5, 5.41) is 9.98. The first kappa shape index (κ1) is 60.2. The zero-order valence-corrected chi connectivity index (χ0v) is 56.7. The number of benzene rings is 12. The smallest absolute Gasteiger partial charge is 0.0618 e. The first-order valence-corrected chi connectivity index (χ1v) is 32.7. The largest absolute Gasteiger partial charge is 0.309 e. The summed E-state index contributed by atoms with van der Waals surface area (Å²) in [5.74, 6) is 0. The van der Waals surface area contributed by atoms with Crippen LogP contribution < -0.4 is 4.90 Å². The van der Waals surface area contributed by atoms with E-state index >= 15 is 0 Å². The summed E-state index contributed by atoms with van der Waals surface area (Å²) in [4.78, 5) is 2.65. The molecule has 1 heterocycles. The predicted octanol–water partition coefficient (Wildman–Crippen LogP) is 25.6. The van der Waals surface area contributed by atoms with Gasteiger partial charge >= 0.3 is 0 Å². The van der Waals surface area contributed by atoms with Gasteiger partial charge in [0.15, 0.2) is 0 Å². The molecule has 0 atom stereocenters. The lowest BCUT2D eigenvalue weighted by molar-refractivity contribution is 0.568. The molecular weight excluding hydrogens is 1080 g/mol. The van der Waals surface area contributed by atoms with Gasteiger partial charge in [-0.15, -0.1) is 0 Å². The fourth-order valence-corrected chi connectivity index (χ4v) is 13.6. The third-order valence-corrected chi connectivity index (χ3v) is 19.2. The number of rotatable bonds is 8. The molecular formula is C88H90N2. The molecule has 0 saturated heterocycles. The van der Waals surface area contributed by atoms with Gasteiger partial charge in [-0.05, 0) is 175 Å². The minimum absolute atomic E-state index is 0.00452. The number of hydrogen-bond acceptors (Lipinski definition) is 1. The Morgan fingerprint density at radius 2 is 0.644 bits per heavy atom. The van der Waals surface area contributed by atoms with Crippen LogP contribution in [0.5, 0.6) is 0 Å². The number of para-hydroxylation sites is 1. The van der Waals surface area contributed by atoms with Crippen molar-refractivity contribution >= 4 is 71.2 Å². The number of nitrogens with zero attached hydrogens (tertiary/aromatic N) is 2. The van der Waals surface area contributed by atoms with E-state index < -0.39 is 0 Å². The second-order valence-electron chi connectivity index (χ2n) is 32.0. The highest BCUT2D eigenvalue weighted by molar-refractivity contribution is 6.28. The molecule has 2 heteroatoms. The summed E-state index contributed by atoms with van der Waals surface area (Å²) in [6.45, 7) is 42.2. The molecule has 0 fully saturated rings. The van der Waals surface area contributed by atoms with Crippen LogP contribution in [0.25, 0.3) is 104 Å². The molecule has 90 heavy (non-hydrogen) atoms. The molecule has 0 spiro atoms. The van der Waals surface area contributed by atoms with Gasteiger partial charge in [0.25, 0.3) is 0 Å². The summed E-state index contributed by atoms with van der Waals surface area (Å²) in [7, 11) is 0. The fourth-order valence-electron chi connectivity index (χ4n) is 13.6. The third kappa shape index (κ3) is 10.9. The quantitative estimate of drug-likeness (QED) is 0.138. The average Bonchev–Trinajstić information content (AvgIpc) is 1.19. The fraction of sp³-hybridized carbons (Fsp3) is 0.273. The summed E-state index contributed by atoms with van der Waals surface area (Å²) in [5.41, 5.74) is 24.0. The van der Waals surface area contributed by atoms with Crippen molar-refractivity contribution in [1.29, 1.82) is 0 Å². The van der Waals surface area contributed by atoms with E-state index in [1.165, 1.54) is 115 Å². The van der Waals surface area contributed by atoms with Crippen molar-refractivity contribution in [3.63, 3.8) is 0 Å². The van der Waals surface area contributed by atoms with Gasteiger partial charge < -0.3 is 9.47 Å². The van der Waals surface area contributed by atoms with Crippen molar-refractivity contribution in [2.45, 2.75) is 157 Å². The van der Waals surface area contributed by atoms with Gasteiger partial charge in [0.1, 0.15) is 0 Å². The summed E-state index contributed by atoms with van der Waals surface area (Å²) in [6.07, 6.45) is 0. The highest BCUT2D eigenvalue weighted by atomic mass is 15.1. The standard InChI is InChI=1S/C88H90N2/c1-83(2,3)63-36-42-78-74(53-63)75-54-64(84(4,5)6)37-43-79(75)90(78)77-41-35-58-32-38-72-76(40-34-57-33-39-73(77)81(58)80(57)72)89(82-70(55-26-21-19-22-27-55)30-25-31-71(82)56-28-23-20-24-29-56)69-49-59(61-45-65(85(7,8)9)51-66(46-61)86(10,11)12)44-60(50-69)62-47-67(87(13,14)15)52-68(48-62)88(16,17)18/h19-54H,1-18H3. The van der Waals surface area contributed by atoms with Crippen molar-refractivity contribution in [1.82, 2.24) is 4.57 Å². The molecule has 13 rings (SSSR count). The number of aromatic nitrogens is 1. The molecule has 12 aromatic carbocycles. The predicted molar refractivity (Wildman–Crippen MR) is 393 cm³/mol. The zero-order chi connectivity index (χ0) is 63.8. The molecule has 2 nitrogen and oxygen atoms in total. The van der Waals surface area contributed by atoms with E-state index in [4.69, 9.17) is 0 Å². The molecule has 1 aromatic heterocycles. The Bertz CT molecular complexity index is 4620. The Balaban J connectivity index is 1.17. The molecule has 0 aliphatic heterocycles. The van der Waals surface area contributed by atoms with Crippen LogP contribution in [0.2, 0.25) is 0 Å². The Morgan fingerprint density at radius 1 is 0.267 bits per heavy atom. The van der Waals surface area contributed by atoms with Crippen molar-refractivity contribution in [2.24, 2.45) is 0 Å². The molecule has 0 aliphatic carbocycles. The number of fused-ring (bicyclic) bond motifs is 3. The Hall–Kier alpha value is -8.72. The highest BCUT2D eigenvalue weighted by Crippen LogP contribution is 2.53. The van der Waals surface area contributed by atoms with E-state index in [-0.39, 0.29) is 32.5 Å². The first-order valence-electron chi connectivity index (χ1n) is 32.7. The van der Waals surface area contributed by atoms with Crippen LogP contribution in [-0.4, -0.2) is 4.57 Å². The lowest BCUT2D eigenvalue weighted by Crippen LogP contribution is -2.17. The van der Waals surface area contributed by atoms with E-state index in [9.17, 15) is 0 Å². The maximum atomic E-state index is 2.65. The Morgan fingerprint density at radius 3 is 1.07 bits per heavy atom. The lowest BCUT2D eigenvalue weighted by atomic mass is 9.78. The molecule has 0 amide bonds. The summed E-state index contributed by atoms with van der Waals surface area (Å²) < 4.78 is 2.55. The van der Waals surface area contributed by atoms with E-state index in [1.54, 1.807) is 0 Å². The molecule has 0 radical (unpaired) electrons. The van der Waals surface area contributed by atoms with Crippen LogP contribution in [0.1, 0.15) is 158 Å². The third-order valence-electron chi connectivity index (χ3n) is 19.2.